The molecule has 2 aromatic heterocycles. The topological polar surface area (TPSA) is 52.8 Å². The molecule has 0 fully saturated rings. The highest BCUT2D eigenvalue weighted by atomic mass is 16.5. The van der Waals surface area contributed by atoms with Crippen LogP contribution in [-0.2, 0) is 5.41 Å². The first-order valence-corrected chi connectivity index (χ1v) is 19.3. The van der Waals surface area contributed by atoms with Crippen molar-refractivity contribution in [2.75, 3.05) is 0 Å². The molecule has 8 aromatic carbocycles. The van der Waals surface area contributed by atoms with Crippen LogP contribution in [0.2, 0.25) is 0 Å². The maximum Gasteiger partial charge on any atom is 0.164 e. The molecule has 2 aliphatic rings. The van der Waals surface area contributed by atoms with Crippen LogP contribution < -0.4 is 4.74 Å². The van der Waals surface area contributed by atoms with E-state index in [1.54, 1.807) is 0 Å². The van der Waals surface area contributed by atoms with E-state index < -0.39 is 5.41 Å². The summed E-state index contributed by atoms with van der Waals surface area (Å²) in [5.74, 6) is 3.68. The van der Waals surface area contributed by atoms with Crippen LogP contribution in [-0.4, -0.2) is 19.5 Å². The van der Waals surface area contributed by atoms with Crippen molar-refractivity contribution in [1.82, 2.24) is 19.5 Å². The molecular weight excluding hydrogens is 697 g/mol. The standard InChI is InChI=1S/C52H32N4O/c1-4-16-33(17-5-1)49-53-50(34-18-6-2-7-19-34)55-51(54-49)35-28-29-38-40-31-44-39(32-46(40)56(45(38)30-35)36-20-8-3-9-21-36)37-22-10-11-23-41(37)52(44)42-24-12-14-26-47(42)57-48-27-15-13-25-43(48)52/h1-32H. The lowest BCUT2D eigenvalue weighted by Gasteiger charge is -2.39. The SMILES string of the molecule is c1ccc(-c2nc(-c3ccccc3)nc(-c3ccc4c5cc6c(cc5n(-c5ccccc5)c4c3)-c3ccccc3C63c4ccccc4Oc4ccccc43)n2)cc1. The summed E-state index contributed by atoms with van der Waals surface area (Å²) in [4.78, 5) is 15.1. The van der Waals surface area contributed by atoms with Crippen molar-refractivity contribution >= 4 is 21.8 Å². The minimum atomic E-state index is -0.556. The van der Waals surface area contributed by atoms with Crippen molar-refractivity contribution in [3.8, 4) is 62.5 Å². The molecule has 0 radical (unpaired) electrons. The monoisotopic (exact) mass is 728 g/mol. The third-order valence-corrected chi connectivity index (χ3v) is 11.7. The maximum atomic E-state index is 6.62. The summed E-state index contributed by atoms with van der Waals surface area (Å²) < 4.78 is 9.02. The van der Waals surface area contributed by atoms with Gasteiger partial charge in [0, 0.05) is 44.3 Å². The van der Waals surface area contributed by atoms with Crippen LogP contribution in [0.1, 0.15) is 22.3 Å². The summed E-state index contributed by atoms with van der Waals surface area (Å²) in [6.45, 7) is 0. The lowest BCUT2D eigenvalue weighted by Crippen LogP contribution is -2.32. The van der Waals surface area contributed by atoms with Crippen LogP contribution in [0.3, 0.4) is 0 Å². The van der Waals surface area contributed by atoms with Gasteiger partial charge in [-0.15, -0.1) is 0 Å². The second-order valence-corrected chi connectivity index (χ2v) is 14.7. The van der Waals surface area contributed by atoms with Crippen molar-refractivity contribution in [1.29, 1.82) is 0 Å². The Morgan fingerprint density at radius 2 is 0.877 bits per heavy atom. The van der Waals surface area contributed by atoms with Crippen LogP contribution in [0.15, 0.2) is 194 Å². The molecule has 0 atom stereocenters. The summed E-state index contributed by atoms with van der Waals surface area (Å²) in [7, 11) is 0. The first-order valence-electron chi connectivity index (χ1n) is 19.3. The number of benzene rings is 8. The van der Waals surface area contributed by atoms with Crippen molar-refractivity contribution in [2.24, 2.45) is 0 Å². The zero-order chi connectivity index (χ0) is 37.5. The predicted molar refractivity (Wildman–Crippen MR) is 228 cm³/mol. The average molecular weight is 729 g/mol. The van der Waals surface area contributed by atoms with Crippen molar-refractivity contribution in [2.45, 2.75) is 5.41 Å². The van der Waals surface area contributed by atoms with E-state index in [1.807, 2.05) is 60.7 Å². The van der Waals surface area contributed by atoms with E-state index in [-0.39, 0.29) is 0 Å². The molecule has 1 spiro atoms. The Morgan fingerprint density at radius 1 is 0.368 bits per heavy atom. The zero-order valence-electron chi connectivity index (χ0n) is 30.7. The number of para-hydroxylation sites is 3. The maximum absolute atomic E-state index is 6.62. The predicted octanol–water partition coefficient (Wildman–Crippen LogP) is 12.4. The fourth-order valence-corrected chi connectivity index (χ4v) is 9.29. The molecule has 10 aromatic rings. The van der Waals surface area contributed by atoms with E-state index >= 15 is 0 Å². The lowest BCUT2D eigenvalue weighted by molar-refractivity contribution is 0.436. The molecule has 0 N–H and O–H groups in total. The third-order valence-electron chi connectivity index (χ3n) is 11.7. The Bertz CT molecular complexity index is 3110. The summed E-state index contributed by atoms with van der Waals surface area (Å²) in [6, 6.07) is 68.4. The number of aromatic nitrogens is 4. The van der Waals surface area contributed by atoms with Gasteiger partial charge in [0.25, 0.3) is 0 Å². The van der Waals surface area contributed by atoms with Crippen LogP contribution in [0, 0.1) is 0 Å². The molecule has 1 aliphatic heterocycles. The molecule has 266 valence electrons. The summed E-state index contributed by atoms with van der Waals surface area (Å²) >= 11 is 0. The molecular formula is C52H32N4O. The van der Waals surface area contributed by atoms with Crippen LogP contribution in [0.4, 0.5) is 0 Å². The van der Waals surface area contributed by atoms with Crippen molar-refractivity contribution in [3.05, 3.63) is 216 Å². The molecule has 0 saturated carbocycles. The highest BCUT2D eigenvalue weighted by molar-refractivity contribution is 6.12. The van der Waals surface area contributed by atoms with Crippen molar-refractivity contribution < 1.29 is 4.74 Å². The number of hydrogen-bond donors (Lipinski definition) is 0. The molecule has 0 unspecified atom stereocenters. The van der Waals surface area contributed by atoms with Crippen LogP contribution in [0.5, 0.6) is 11.5 Å². The molecule has 12 rings (SSSR count). The zero-order valence-corrected chi connectivity index (χ0v) is 30.7. The molecule has 0 bridgehead atoms. The van der Waals surface area contributed by atoms with E-state index in [4.69, 9.17) is 19.7 Å². The second kappa shape index (κ2) is 12.2. The largest absolute Gasteiger partial charge is 0.457 e. The highest BCUT2D eigenvalue weighted by Crippen LogP contribution is 2.62. The second-order valence-electron chi connectivity index (χ2n) is 14.7. The molecule has 0 saturated heterocycles. The molecule has 1 aliphatic carbocycles. The van der Waals surface area contributed by atoms with Gasteiger partial charge in [-0.3, -0.25) is 0 Å². The van der Waals surface area contributed by atoms with Gasteiger partial charge >= 0.3 is 0 Å². The van der Waals surface area contributed by atoms with Gasteiger partial charge < -0.3 is 9.30 Å². The van der Waals surface area contributed by atoms with Gasteiger partial charge in [0.15, 0.2) is 17.5 Å². The average Bonchev–Trinajstić information content (AvgIpc) is 3.76. The minimum absolute atomic E-state index is 0.556. The summed E-state index contributed by atoms with van der Waals surface area (Å²) in [5, 5.41) is 2.33. The minimum Gasteiger partial charge on any atom is -0.457 e. The number of hydrogen-bond acceptors (Lipinski definition) is 4. The number of nitrogens with zero attached hydrogens (tertiary/aromatic N) is 4. The van der Waals surface area contributed by atoms with E-state index in [1.165, 1.54) is 27.6 Å². The third kappa shape index (κ3) is 4.60. The van der Waals surface area contributed by atoms with E-state index in [9.17, 15) is 0 Å². The summed E-state index contributed by atoms with van der Waals surface area (Å²) in [5.41, 5.74) is 12.8. The molecule has 5 heteroatoms. The van der Waals surface area contributed by atoms with Crippen LogP contribution in [0.25, 0.3) is 72.8 Å². The fourth-order valence-electron chi connectivity index (χ4n) is 9.29. The Labute approximate surface area is 329 Å². The van der Waals surface area contributed by atoms with Gasteiger partial charge in [0.2, 0.25) is 0 Å². The van der Waals surface area contributed by atoms with Gasteiger partial charge in [-0.25, -0.2) is 15.0 Å². The van der Waals surface area contributed by atoms with Gasteiger partial charge in [0.05, 0.1) is 16.4 Å². The molecule has 3 heterocycles. The van der Waals surface area contributed by atoms with Crippen molar-refractivity contribution in [3.63, 3.8) is 0 Å². The van der Waals surface area contributed by atoms with E-state index in [0.29, 0.717) is 17.5 Å². The van der Waals surface area contributed by atoms with Gasteiger partial charge in [0.1, 0.15) is 11.5 Å². The van der Waals surface area contributed by atoms with Crippen LogP contribution >= 0.6 is 0 Å². The van der Waals surface area contributed by atoms with Gasteiger partial charge in [-0.2, -0.15) is 0 Å². The van der Waals surface area contributed by atoms with E-state index in [0.717, 1.165) is 61.4 Å². The molecule has 5 nitrogen and oxygen atoms in total. The normalized spacial score (nSPS) is 13.2. The quantitative estimate of drug-likeness (QED) is 0.181. The Balaban J connectivity index is 1.15. The Hall–Kier alpha value is -7.63. The first-order chi connectivity index (χ1) is 28.3. The molecule has 57 heavy (non-hydrogen) atoms. The summed E-state index contributed by atoms with van der Waals surface area (Å²) in [6.07, 6.45) is 0. The van der Waals surface area contributed by atoms with Gasteiger partial charge in [-0.1, -0.05) is 152 Å². The smallest absolute Gasteiger partial charge is 0.164 e. The lowest BCUT2D eigenvalue weighted by atomic mass is 9.66. The fraction of sp³-hybridized carbons (Fsp3) is 0.0192. The first kappa shape index (κ1) is 31.7. The Kier molecular flexibility index (Phi) is 6.78. The highest BCUT2D eigenvalue weighted by Gasteiger charge is 2.51. The Morgan fingerprint density at radius 3 is 1.51 bits per heavy atom. The van der Waals surface area contributed by atoms with E-state index in [2.05, 4.69) is 138 Å². The molecule has 0 amide bonds. The number of ether oxygens (including phenoxy) is 1. The number of rotatable bonds is 4. The number of fused-ring (bicyclic) bond motifs is 12. The van der Waals surface area contributed by atoms with Gasteiger partial charge in [-0.05, 0) is 64.7 Å².